The Morgan fingerprint density at radius 2 is 2.08 bits per heavy atom. The van der Waals surface area contributed by atoms with E-state index >= 15 is 0 Å². The SMILES string of the molecule is CCN(C(C)=O)c1nc(/C=C2\N=C(c3ccc(C)c(C)c3)OC2=O)cs1. The van der Waals surface area contributed by atoms with E-state index in [2.05, 4.69) is 9.98 Å². The lowest BCUT2D eigenvalue weighted by Crippen LogP contribution is -2.27. The summed E-state index contributed by atoms with van der Waals surface area (Å²) < 4.78 is 5.29. The molecule has 1 aliphatic heterocycles. The van der Waals surface area contributed by atoms with E-state index in [4.69, 9.17) is 4.74 Å². The third-order valence-corrected chi connectivity index (χ3v) is 4.98. The first kappa shape index (κ1) is 18.0. The Kier molecular flexibility index (Phi) is 4.99. The molecule has 0 bridgehead atoms. The first-order valence-corrected chi connectivity index (χ1v) is 9.11. The molecule has 0 aliphatic carbocycles. The number of cyclic esters (lactones) is 1. The Balaban J connectivity index is 1.88. The Hall–Kier alpha value is -2.80. The number of anilines is 1. The number of carbonyl (C=O) groups excluding carboxylic acids is 2. The molecule has 6 nitrogen and oxygen atoms in total. The Labute approximate surface area is 155 Å². The van der Waals surface area contributed by atoms with Gasteiger partial charge in [0.05, 0.1) is 5.69 Å². The highest BCUT2D eigenvalue weighted by atomic mass is 32.1. The van der Waals surface area contributed by atoms with Crippen LogP contribution in [0, 0.1) is 13.8 Å². The number of nitrogens with zero attached hydrogens (tertiary/aromatic N) is 3. The number of thiazole rings is 1. The first-order chi connectivity index (χ1) is 12.4. The maximum Gasteiger partial charge on any atom is 0.363 e. The summed E-state index contributed by atoms with van der Waals surface area (Å²) in [6.45, 7) is 7.94. The molecule has 0 saturated heterocycles. The van der Waals surface area contributed by atoms with Crippen LogP contribution in [0.5, 0.6) is 0 Å². The summed E-state index contributed by atoms with van der Waals surface area (Å²) in [5.41, 5.74) is 3.79. The average molecular weight is 369 g/mol. The molecule has 1 aliphatic rings. The van der Waals surface area contributed by atoms with E-state index < -0.39 is 5.97 Å². The molecule has 3 rings (SSSR count). The summed E-state index contributed by atoms with van der Waals surface area (Å²) >= 11 is 1.34. The van der Waals surface area contributed by atoms with Crippen molar-refractivity contribution in [2.45, 2.75) is 27.7 Å². The second-order valence-electron chi connectivity index (χ2n) is 5.95. The van der Waals surface area contributed by atoms with Gasteiger partial charge in [-0.25, -0.2) is 14.8 Å². The number of carbonyl (C=O) groups is 2. The van der Waals surface area contributed by atoms with Crippen molar-refractivity contribution in [3.05, 3.63) is 51.7 Å². The highest BCUT2D eigenvalue weighted by Crippen LogP contribution is 2.24. The topological polar surface area (TPSA) is 71.9 Å². The van der Waals surface area contributed by atoms with Gasteiger partial charge < -0.3 is 4.74 Å². The predicted molar refractivity (Wildman–Crippen MR) is 102 cm³/mol. The van der Waals surface area contributed by atoms with E-state index in [1.54, 1.807) is 16.4 Å². The molecule has 0 spiro atoms. The highest BCUT2D eigenvalue weighted by molar-refractivity contribution is 7.14. The van der Waals surface area contributed by atoms with Crippen molar-refractivity contribution in [1.29, 1.82) is 0 Å². The molecule has 1 aromatic carbocycles. The van der Waals surface area contributed by atoms with Crippen LogP contribution in [0.3, 0.4) is 0 Å². The normalized spacial score (nSPS) is 15.2. The van der Waals surface area contributed by atoms with Crippen molar-refractivity contribution in [3.63, 3.8) is 0 Å². The molecule has 0 unspecified atom stereocenters. The van der Waals surface area contributed by atoms with E-state index in [9.17, 15) is 9.59 Å². The molecule has 7 heteroatoms. The molecule has 0 saturated carbocycles. The quantitative estimate of drug-likeness (QED) is 0.611. The summed E-state index contributed by atoms with van der Waals surface area (Å²) in [7, 11) is 0. The third-order valence-electron chi connectivity index (χ3n) is 4.10. The fourth-order valence-electron chi connectivity index (χ4n) is 2.51. The van der Waals surface area contributed by atoms with Gasteiger partial charge in [-0.3, -0.25) is 9.69 Å². The maximum atomic E-state index is 12.1. The zero-order chi connectivity index (χ0) is 18.8. The van der Waals surface area contributed by atoms with E-state index in [-0.39, 0.29) is 11.6 Å². The lowest BCUT2D eigenvalue weighted by atomic mass is 10.1. The summed E-state index contributed by atoms with van der Waals surface area (Å²) in [5.74, 6) is -0.290. The smallest absolute Gasteiger partial charge is 0.363 e. The summed E-state index contributed by atoms with van der Waals surface area (Å²) in [5, 5.41) is 2.38. The number of benzene rings is 1. The van der Waals surface area contributed by atoms with Crippen molar-refractivity contribution in [2.75, 3.05) is 11.4 Å². The van der Waals surface area contributed by atoms with Crippen LogP contribution in [0.2, 0.25) is 0 Å². The van der Waals surface area contributed by atoms with E-state index in [0.29, 0.717) is 23.3 Å². The van der Waals surface area contributed by atoms with Crippen LogP contribution in [0.25, 0.3) is 6.08 Å². The second kappa shape index (κ2) is 7.21. The van der Waals surface area contributed by atoms with E-state index in [1.165, 1.54) is 18.3 Å². The Morgan fingerprint density at radius 3 is 2.73 bits per heavy atom. The molecule has 2 aromatic rings. The lowest BCUT2D eigenvalue weighted by molar-refractivity contribution is -0.130. The van der Waals surface area contributed by atoms with Gasteiger partial charge in [0.1, 0.15) is 0 Å². The summed E-state index contributed by atoms with van der Waals surface area (Å²) in [4.78, 5) is 34.0. The van der Waals surface area contributed by atoms with Gasteiger partial charge in [0, 0.05) is 24.4 Å². The standard InChI is InChI=1S/C19H19N3O3S/c1-5-22(13(4)23)19-20-15(10-26-19)9-16-18(24)25-17(21-16)14-7-6-11(2)12(3)8-14/h6-10H,5H2,1-4H3/b16-9-. The van der Waals surface area contributed by atoms with Crippen molar-refractivity contribution in [3.8, 4) is 0 Å². The van der Waals surface area contributed by atoms with Crippen LogP contribution < -0.4 is 4.90 Å². The number of hydrogen-bond acceptors (Lipinski definition) is 6. The fourth-order valence-corrected chi connectivity index (χ4v) is 3.40. The molecule has 0 radical (unpaired) electrons. The fraction of sp³-hybridized carbons (Fsp3) is 0.263. The van der Waals surface area contributed by atoms with Gasteiger partial charge in [-0.05, 0) is 50.1 Å². The molecule has 2 heterocycles. The minimum atomic E-state index is -0.508. The van der Waals surface area contributed by atoms with Crippen LogP contribution in [-0.2, 0) is 14.3 Å². The van der Waals surface area contributed by atoms with Gasteiger partial charge in [0.25, 0.3) is 0 Å². The van der Waals surface area contributed by atoms with Crippen LogP contribution in [0.15, 0.2) is 34.3 Å². The number of aryl methyl sites for hydroxylation is 2. The first-order valence-electron chi connectivity index (χ1n) is 8.23. The largest absolute Gasteiger partial charge is 0.402 e. The van der Waals surface area contributed by atoms with Crippen LogP contribution in [0.1, 0.15) is 36.2 Å². The number of ether oxygens (including phenoxy) is 1. The van der Waals surface area contributed by atoms with Crippen molar-refractivity contribution in [1.82, 2.24) is 4.98 Å². The van der Waals surface area contributed by atoms with E-state index in [0.717, 1.165) is 16.7 Å². The van der Waals surface area contributed by atoms with Gasteiger partial charge in [-0.2, -0.15) is 0 Å². The van der Waals surface area contributed by atoms with Gasteiger partial charge in [0.2, 0.25) is 11.8 Å². The van der Waals surface area contributed by atoms with Crippen LogP contribution in [0.4, 0.5) is 5.13 Å². The Bertz CT molecular complexity index is 943. The molecule has 134 valence electrons. The number of amides is 1. The highest BCUT2D eigenvalue weighted by Gasteiger charge is 2.25. The number of rotatable bonds is 4. The minimum Gasteiger partial charge on any atom is -0.402 e. The number of aromatic nitrogens is 1. The van der Waals surface area contributed by atoms with E-state index in [1.807, 2.05) is 39.0 Å². The van der Waals surface area contributed by atoms with Gasteiger partial charge >= 0.3 is 5.97 Å². The molecular weight excluding hydrogens is 350 g/mol. The number of esters is 1. The van der Waals surface area contributed by atoms with Crippen LogP contribution >= 0.6 is 11.3 Å². The third kappa shape index (κ3) is 3.57. The van der Waals surface area contributed by atoms with Crippen LogP contribution in [-0.4, -0.2) is 29.3 Å². The Morgan fingerprint density at radius 1 is 1.31 bits per heavy atom. The van der Waals surface area contributed by atoms with Gasteiger partial charge in [-0.1, -0.05) is 6.07 Å². The monoisotopic (exact) mass is 369 g/mol. The van der Waals surface area contributed by atoms with Gasteiger partial charge in [-0.15, -0.1) is 11.3 Å². The molecular formula is C19H19N3O3S. The average Bonchev–Trinajstić information content (AvgIpc) is 3.18. The number of aliphatic imine (C=N–C) groups is 1. The minimum absolute atomic E-state index is 0.0728. The molecule has 1 aromatic heterocycles. The predicted octanol–water partition coefficient (Wildman–Crippen LogP) is 3.48. The zero-order valence-electron chi connectivity index (χ0n) is 15.1. The molecule has 26 heavy (non-hydrogen) atoms. The molecule has 0 atom stereocenters. The summed E-state index contributed by atoms with van der Waals surface area (Å²) in [6.07, 6.45) is 1.57. The van der Waals surface area contributed by atoms with Crippen molar-refractivity contribution < 1.29 is 14.3 Å². The maximum absolute atomic E-state index is 12.1. The molecule has 1 amide bonds. The zero-order valence-corrected chi connectivity index (χ0v) is 15.9. The van der Waals surface area contributed by atoms with Crippen molar-refractivity contribution >= 4 is 40.3 Å². The summed E-state index contributed by atoms with van der Waals surface area (Å²) in [6, 6.07) is 5.79. The second-order valence-corrected chi connectivity index (χ2v) is 6.79. The van der Waals surface area contributed by atoms with Crippen molar-refractivity contribution in [2.24, 2.45) is 4.99 Å². The molecule has 0 N–H and O–H groups in total. The van der Waals surface area contributed by atoms with Gasteiger partial charge in [0.15, 0.2) is 10.8 Å². The number of hydrogen-bond donors (Lipinski definition) is 0. The lowest BCUT2D eigenvalue weighted by Gasteiger charge is -2.14. The molecule has 0 fully saturated rings.